The molecule has 4 rings (SSSR count). The lowest BCUT2D eigenvalue weighted by molar-refractivity contribution is -0.137. The van der Waals surface area contributed by atoms with Crippen molar-refractivity contribution in [2.24, 2.45) is 0 Å². The molecule has 1 N–H and O–H groups in total. The minimum atomic E-state index is -1.29. The van der Waals surface area contributed by atoms with Crippen LogP contribution in [0.25, 0.3) is 33.4 Å². The minimum absolute atomic E-state index is 0.379. The zero-order chi connectivity index (χ0) is 26.7. The smallest absolute Gasteiger partial charge is 0.255 e. The number of rotatable bonds is 10. The summed E-state index contributed by atoms with van der Waals surface area (Å²) < 4.78 is 8.01. The van der Waals surface area contributed by atoms with Crippen molar-refractivity contribution in [2.45, 2.75) is 38.5 Å². The Morgan fingerprint density at radius 3 is 2.62 bits per heavy atom. The molecular formula is C26H34N6O4Si. The highest BCUT2D eigenvalue weighted by molar-refractivity contribution is 6.76. The Balaban J connectivity index is 1.73. The maximum Gasteiger partial charge on any atom is 0.255 e. The van der Waals surface area contributed by atoms with Crippen molar-refractivity contribution < 1.29 is 19.5 Å². The number of aliphatic hydroxyl groups is 1. The highest BCUT2D eigenvalue weighted by Crippen LogP contribution is 2.33. The fraction of sp³-hybridized carbons (Fsp3) is 0.385. The zero-order valence-electron chi connectivity index (χ0n) is 22.2. The molecule has 0 aliphatic heterocycles. The number of pyridine rings is 2. The molecule has 1 unspecified atom stereocenters. The van der Waals surface area contributed by atoms with E-state index in [0.717, 1.165) is 39.5 Å². The van der Waals surface area contributed by atoms with Gasteiger partial charge in [0.05, 0.1) is 6.20 Å². The molecule has 11 heteroatoms. The number of likely N-dealkylation sites (N-methyl/N-ethyl adjacent to an activating group) is 1. The lowest BCUT2D eigenvalue weighted by atomic mass is 10.0. The number of carbonyl (C=O) groups is 1. The summed E-state index contributed by atoms with van der Waals surface area (Å²) in [5.41, 5.74) is 4.40. The lowest BCUT2D eigenvalue weighted by Crippen LogP contribution is -2.28. The van der Waals surface area contributed by atoms with Crippen molar-refractivity contribution in [3.63, 3.8) is 0 Å². The summed E-state index contributed by atoms with van der Waals surface area (Å²) in [4.78, 5) is 29.5. The first-order valence-corrected chi connectivity index (χ1v) is 15.8. The van der Waals surface area contributed by atoms with Crippen LogP contribution in [0.4, 0.5) is 0 Å². The van der Waals surface area contributed by atoms with E-state index in [1.165, 1.54) is 15.9 Å². The largest absolute Gasteiger partial charge is 0.399 e. The maximum absolute atomic E-state index is 12.3. The van der Waals surface area contributed by atoms with Crippen LogP contribution < -0.4 is 4.84 Å². The zero-order valence-corrected chi connectivity index (χ0v) is 23.2. The number of aromatic nitrogens is 5. The summed E-state index contributed by atoms with van der Waals surface area (Å²) in [5, 5.41) is 15.6. The third kappa shape index (κ3) is 5.90. The van der Waals surface area contributed by atoms with Crippen LogP contribution in [0.5, 0.6) is 0 Å². The third-order valence-corrected chi connectivity index (χ3v) is 7.79. The van der Waals surface area contributed by atoms with E-state index in [-0.39, 0.29) is 0 Å². The topological polar surface area (TPSA) is 108 Å². The molecule has 4 aromatic rings. The van der Waals surface area contributed by atoms with Gasteiger partial charge in [0, 0.05) is 81.2 Å². The predicted molar refractivity (Wildman–Crippen MR) is 144 cm³/mol. The molecule has 0 bridgehead atoms. The molecule has 0 saturated carbocycles. The van der Waals surface area contributed by atoms with Gasteiger partial charge >= 0.3 is 0 Å². The van der Waals surface area contributed by atoms with Crippen molar-refractivity contribution >= 4 is 25.0 Å². The molecule has 0 fully saturated rings. The van der Waals surface area contributed by atoms with Gasteiger partial charge in [-0.1, -0.05) is 24.5 Å². The van der Waals surface area contributed by atoms with Gasteiger partial charge in [-0.3, -0.25) is 9.78 Å². The van der Waals surface area contributed by atoms with Gasteiger partial charge in [0.25, 0.3) is 5.91 Å². The van der Waals surface area contributed by atoms with E-state index in [4.69, 9.17) is 14.6 Å². The Hall–Kier alpha value is -3.54. The quantitative estimate of drug-likeness (QED) is 0.251. The number of ether oxygens (including phenoxy) is 1. The van der Waals surface area contributed by atoms with Crippen molar-refractivity contribution in [2.75, 3.05) is 27.8 Å². The van der Waals surface area contributed by atoms with Crippen molar-refractivity contribution in [3.8, 4) is 22.4 Å². The average Bonchev–Trinajstić information content (AvgIpc) is 3.49. The van der Waals surface area contributed by atoms with Gasteiger partial charge in [-0.15, -0.1) is 5.10 Å². The maximum atomic E-state index is 12.3. The summed E-state index contributed by atoms with van der Waals surface area (Å²) in [7, 11) is 3.58. The van der Waals surface area contributed by atoms with Gasteiger partial charge in [-0.2, -0.15) is 0 Å². The summed E-state index contributed by atoms with van der Waals surface area (Å²) in [6.07, 6.45) is 7.34. The molecule has 10 nitrogen and oxygen atoms in total. The summed E-state index contributed by atoms with van der Waals surface area (Å²) in [6, 6.07) is 6.74. The molecular weight excluding hydrogens is 488 g/mol. The predicted octanol–water partition coefficient (Wildman–Crippen LogP) is 3.45. The van der Waals surface area contributed by atoms with Crippen molar-refractivity contribution in [1.29, 1.82) is 0 Å². The molecule has 4 aromatic heterocycles. The Morgan fingerprint density at radius 2 is 1.92 bits per heavy atom. The SMILES string of the molecule is COn1nccc1-c1cn(COCC[Si](C)(C)C)c2ncc(-c3cncc(C(O)C(=O)N(C)C)c3)cc12. The molecule has 4 heterocycles. The molecule has 0 aliphatic carbocycles. The van der Waals surface area contributed by atoms with E-state index in [9.17, 15) is 9.90 Å². The second-order valence-electron chi connectivity index (χ2n) is 10.4. The average molecular weight is 523 g/mol. The van der Waals surface area contributed by atoms with Gasteiger partial charge in [-0.05, 0) is 24.2 Å². The van der Waals surface area contributed by atoms with Crippen LogP contribution in [-0.4, -0.2) is 76.3 Å². The van der Waals surface area contributed by atoms with Crippen LogP contribution in [0.2, 0.25) is 25.7 Å². The molecule has 37 heavy (non-hydrogen) atoms. The molecule has 0 aromatic carbocycles. The third-order valence-electron chi connectivity index (χ3n) is 6.08. The van der Waals surface area contributed by atoms with E-state index in [2.05, 4.69) is 29.7 Å². The highest BCUT2D eigenvalue weighted by atomic mass is 28.3. The van der Waals surface area contributed by atoms with Gasteiger partial charge in [-0.25, -0.2) is 4.98 Å². The lowest BCUT2D eigenvalue weighted by Gasteiger charge is -2.16. The summed E-state index contributed by atoms with van der Waals surface area (Å²) in [6.45, 7) is 8.06. The van der Waals surface area contributed by atoms with Gasteiger partial charge in [0.15, 0.2) is 6.10 Å². The Bertz CT molecular complexity index is 1390. The van der Waals surface area contributed by atoms with Crippen LogP contribution in [0.15, 0.2) is 49.2 Å². The highest BCUT2D eigenvalue weighted by Gasteiger charge is 2.21. The van der Waals surface area contributed by atoms with E-state index < -0.39 is 20.1 Å². The molecule has 0 radical (unpaired) electrons. The molecule has 196 valence electrons. The Labute approximate surface area is 217 Å². The van der Waals surface area contributed by atoms with E-state index in [1.807, 2.05) is 22.9 Å². The number of nitrogens with zero attached hydrogens (tertiary/aromatic N) is 6. The molecule has 0 spiro atoms. The van der Waals surface area contributed by atoms with Gasteiger partial charge < -0.3 is 24.1 Å². The second kappa shape index (κ2) is 10.8. The van der Waals surface area contributed by atoms with E-state index in [0.29, 0.717) is 18.9 Å². The summed E-state index contributed by atoms with van der Waals surface area (Å²) in [5.74, 6) is -0.408. The van der Waals surface area contributed by atoms with E-state index in [1.54, 1.807) is 45.9 Å². The monoisotopic (exact) mass is 522 g/mol. The molecule has 0 aliphatic rings. The number of hydrogen-bond donors (Lipinski definition) is 1. The minimum Gasteiger partial charge on any atom is -0.399 e. The first kappa shape index (κ1) is 26.5. The molecule has 0 saturated heterocycles. The standard InChI is InChI=1S/C26H34N6O4Si/c1-30(2)26(34)24(33)20-11-18(13-27-14-20)19-12-21-22(23-7-8-29-32(23)35-3)16-31(25(21)28-15-19)17-36-9-10-37(4,5)6/h7-8,11-16,24,33H,9-10,17H2,1-6H3. The fourth-order valence-electron chi connectivity index (χ4n) is 3.95. The van der Waals surface area contributed by atoms with E-state index >= 15 is 0 Å². The number of amides is 1. The van der Waals surface area contributed by atoms with Crippen LogP contribution in [0.3, 0.4) is 0 Å². The van der Waals surface area contributed by atoms with Crippen LogP contribution in [0.1, 0.15) is 11.7 Å². The van der Waals surface area contributed by atoms with Crippen molar-refractivity contribution in [3.05, 3.63) is 54.7 Å². The Kier molecular flexibility index (Phi) is 7.76. The fourth-order valence-corrected chi connectivity index (χ4v) is 4.71. The Morgan fingerprint density at radius 1 is 1.16 bits per heavy atom. The second-order valence-corrected chi connectivity index (χ2v) is 16.0. The van der Waals surface area contributed by atoms with Crippen LogP contribution >= 0.6 is 0 Å². The normalized spacial score (nSPS) is 12.6. The molecule has 1 atom stereocenters. The van der Waals surface area contributed by atoms with Gasteiger partial charge in [0.2, 0.25) is 0 Å². The van der Waals surface area contributed by atoms with Crippen molar-refractivity contribution in [1.82, 2.24) is 29.4 Å². The van der Waals surface area contributed by atoms with Crippen LogP contribution in [-0.2, 0) is 16.3 Å². The summed E-state index contributed by atoms with van der Waals surface area (Å²) >= 11 is 0. The van der Waals surface area contributed by atoms with Gasteiger partial charge in [0.1, 0.15) is 25.2 Å². The number of hydrogen-bond acceptors (Lipinski definition) is 7. The van der Waals surface area contributed by atoms with Crippen LogP contribution in [0, 0.1) is 0 Å². The molecule has 1 amide bonds. The number of carbonyl (C=O) groups excluding carboxylic acids is 1. The number of fused-ring (bicyclic) bond motifs is 1. The first-order valence-electron chi connectivity index (χ1n) is 12.1. The number of aliphatic hydroxyl groups excluding tert-OH is 1. The first-order chi connectivity index (χ1) is 17.6.